The molecule has 6 N–H and O–H groups in total. The molecular formula is C57H45Cl6N9O6. The van der Waals surface area contributed by atoms with E-state index in [2.05, 4.69) is 47.4 Å². The molecule has 0 atom stereocenters. The Hall–Kier alpha value is -8.28. The zero-order chi connectivity index (χ0) is 55.6. The Bertz CT molecular complexity index is 3170. The molecule has 0 saturated carbocycles. The van der Waals surface area contributed by atoms with Gasteiger partial charge in [0, 0.05) is 101 Å². The predicted molar refractivity (Wildman–Crippen MR) is 313 cm³/mol. The van der Waals surface area contributed by atoms with Gasteiger partial charge in [-0.1, -0.05) is 85.1 Å². The van der Waals surface area contributed by atoms with Crippen LogP contribution in [0, 0.1) is 20.8 Å². The van der Waals surface area contributed by atoms with E-state index in [0.717, 1.165) is 17.1 Å². The van der Waals surface area contributed by atoms with Crippen LogP contribution < -0.4 is 31.9 Å². The van der Waals surface area contributed by atoms with Gasteiger partial charge in [-0.2, -0.15) is 0 Å². The molecule has 78 heavy (non-hydrogen) atoms. The molecule has 396 valence electrons. The third kappa shape index (κ3) is 17.9. The van der Waals surface area contributed by atoms with Gasteiger partial charge in [0.25, 0.3) is 17.7 Å². The lowest BCUT2D eigenvalue weighted by Gasteiger charge is -2.08. The number of nitrogens with zero attached hydrogens (tertiary/aromatic N) is 3. The fourth-order valence-electron chi connectivity index (χ4n) is 6.52. The summed E-state index contributed by atoms with van der Waals surface area (Å²) in [6.07, 6.45) is 4.69. The van der Waals surface area contributed by atoms with Crippen molar-refractivity contribution in [3.05, 3.63) is 247 Å². The molecule has 0 fully saturated rings. The number of aromatic nitrogens is 3. The summed E-state index contributed by atoms with van der Waals surface area (Å²) in [5, 5.41) is 32.8. The van der Waals surface area contributed by atoms with Gasteiger partial charge in [-0.15, -0.1) is 0 Å². The number of aryl methyl sites for hydroxylation is 3. The molecule has 3 aromatic heterocycles. The van der Waals surface area contributed by atoms with Crippen molar-refractivity contribution in [3.8, 4) is 0 Å². The van der Waals surface area contributed by atoms with Crippen LogP contribution in [-0.2, 0) is 14.4 Å². The minimum absolute atomic E-state index is 0.301. The monoisotopic (exact) mass is 1160 g/mol. The molecule has 3 heterocycles. The molecule has 0 saturated heterocycles. The van der Waals surface area contributed by atoms with Crippen molar-refractivity contribution < 1.29 is 28.0 Å². The zero-order valence-electron chi connectivity index (χ0n) is 41.4. The van der Waals surface area contributed by atoms with E-state index in [4.69, 9.17) is 83.2 Å². The molecule has 0 radical (unpaired) electrons. The Morgan fingerprint density at radius 3 is 0.705 bits per heavy atom. The summed E-state index contributed by atoms with van der Waals surface area (Å²) in [6, 6.07) is 46.9. The SMILES string of the molecule is Cc1cc(C(=CNc2ccc(Cl)cc2)C(=O)Nc2ccc(Cl)cc2)on1.Cc1cc(C(=CNc2ccc(Cl)cc2)C(=O)Nc2ccc(Cl)cc2)on1.Cc1cc(C(=CNc2ccc(Cl)cc2)C(=O)Nc2ccc(Cl)cc2)on1. The van der Waals surface area contributed by atoms with Crippen molar-refractivity contribution in [3.63, 3.8) is 0 Å². The van der Waals surface area contributed by atoms with E-state index in [-0.39, 0.29) is 17.7 Å². The van der Waals surface area contributed by atoms with E-state index in [9.17, 15) is 14.4 Å². The summed E-state index contributed by atoms with van der Waals surface area (Å²) in [5.74, 6) is 0.0427. The molecule has 9 aromatic rings. The maximum atomic E-state index is 12.7. The summed E-state index contributed by atoms with van der Waals surface area (Å²) in [6.45, 7) is 5.36. The molecule has 6 aromatic carbocycles. The molecule has 21 heteroatoms. The van der Waals surface area contributed by atoms with E-state index >= 15 is 0 Å². The molecule has 0 aliphatic heterocycles. The molecule has 0 unspecified atom stereocenters. The fraction of sp³-hybridized carbons (Fsp3) is 0.0526. The number of carbonyl (C=O) groups excluding carboxylic acids is 3. The Labute approximate surface area is 478 Å². The van der Waals surface area contributed by atoms with E-state index in [1.807, 2.05) is 0 Å². The molecule has 0 bridgehead atoms. The molecule has 15 nitrogen and oxygen atoms in total. The lowest BCUT2D eigenvalue weighted by molar-refractivity contribution is -0.112. The molecular weight excluding hydrogens is 1120 g/mol. The zero-order valence-corrected chi connectivity index (χ0v) is 45.9. The Morgan fingerprint density at radius 2 is 0.526 bits per heavy atom. The van der Waals surface area contributed by atoms with Gasteiger partial charge >= 0.3 is 0 Å². The van der Waals surface area contributed by atoms with Crippen LogP contribution in [0.3, 0.4) is 0 Å². The Kier molecular flexibility index (Phi) is 20.8. The average Bonchev–Trinajstić information content (AvgIpc) is 4.20. The molecule has 0 aliphatic carbocycles. The molecule has 0 aliphatic rings. The number of hydrogen-bond donors (Lipinski definition) is 6. The standard InChI is InChI=1S/3C19H15Cl2N3O2/c3*1-12-10-18(26-24-12)17(11-22-15-6-2-13(20)3-7-15)19(25)23-16-8-4-14(21)5-9-16/h3*2-11,22H,1H3,(H,23,25). The highest BCUT2D eigenvalue weighted by atomic mass is 35.5. The smallest absolute Gasteiger partial charge is 0.261 e. The second-order valence-electron chi connectivity index (χ2n) is 16.5. The van der Waals surface area contributed by atoms with E-state index in [1.54, 1.807) is 203 Å². The van der Waals surface area contributed by atoms with Crippen molar-refractivity contribution in [2.24, 2.45) is 0 Å². The number of hydrogen-bond acceptors (Lipinski definition) is 12. The lowest BCUT2D eigenvalue weighted by atomic mass is 10.2. The highest BCUT2D eigenvalue weighted by Crippen LogP contribution is 2.25. The number of benzene rings is 6. The Morgan fingerprint density at radius 1 is 0.333 bits per heavy atom. The minimum atomic E-state index is -0.343. The topological polar surface area (TPSA) is 201 Å². The van der Waals surface area contributed by atoms with Gasteiger partial charge < -0.3 is 45.5 Å². The van der Waals surface area contributed by atoms with Crippen molar-refractivity contribution in [2.75, 3.05) is 31.9 Å². The van der Waals surface area contributed by atoms with Gasteiger partial charge in [0.05, 0.1) is 17.1 Å². The number of carbonyl (C=O) groups is 3. The first-order valence-electron chi connectivity index (χ1n) is 23.2. The summed E-state index contributed by atoms with van der Waals surface area (Å²) in [7, 11) is 0. The highest BCUT2D eigenvalue weighted by Gasteiger charge is 2.20. The van der Waals surface area contributed by atoms with Crippen LogP contribution in [0.4, 0.5) is 34.1 Å². The normalized spacial score (nSPS) is 11.3. The number of nitrogens with one attached hydrogen (secondary N) is 6. The van der Waals surface area contributed by atoms with E-state index in [0.29, 0.717) is 98.3 Å². The van der Waals surface area contributed by atoms with Crippen molar-refractivity contribution in [2.45, 2.75) is 20.8 Å². The first-order chi connectivity index (χ1) is 37.5. The maximum Gasteiger partial charge on any atom is 0.261 e. The van der Waals surface area contributed by atoms with Crippen LogP contribution >= 0.6 is 69.6 Å². The van der Waals surface area contributed by atoms with Gasteiger partial charge in [0.2, 0.25) is 0 Å². The maximum absolute atomic E-state index is 12.7. The lowest BCUT2D eigenvalue weighted by Crippen LogP contribution is -2.14. The summed E-state index contributed by atoms with van der Waals surface area (Å²) < 4.78 is 15.8. The number of amides is 3. The van der Waals surface area contributed by atoms with Gasteiger partial charge in [-0.3, -0.25) is 14.4 Å². The third-order valence-electron chi connectivity index (χ3n) is 10.4. The van der Waals surface area contributed by atoms with Crippen LogP contribution in [0.1, 0.15) is 34.4 Å². The van der Waals surface area contributed by atoms with Gasteiger partial charge in [-0.05, 0) is 166 Å². The Balaban J connectivity index is 0.000000170. The summed E-state index contributed by atoms with van der Waals surface area (Å²) in [4.78, 5) is 38.2. The quantitative estimate of drug-likeness (QED) is 0.0531. The van der Waals surface area contributed by atoms with E-state index < -0.39 is 0 Å². The number of anilines is 6. The van der Waals surface area contributed by atoms with Crippen LogP contribution in [0.15, 0.2) is 196 Å². The number of halogens is 6. The van der Waals surface area contributed by atoms with Gasteiger partial charge in [0.1, 0.15) is 16.7 Å². The van der Waals surface area contributed by atoms with Gasteiger partial charge in [-0.25, -0.2) is 0 Å². The van der Waals surface area contributed by atoms with Crippen molar-refractivity contribution in [1.82, 2.24) is 15.5 Å². The predicted octanol–water partition coefficient (Wildman–Crippen LogP) is 16.1. The van der Waals surface area contributed by atoms with Crippen LogP contribution in [0.5, 0.6) is 0 Å². The largest absolute Gasteiger partial charge is 0.361 e. The highest BCUT2D eigenvalue weighted by molar-refractivity contribution is 6.33. The third-order valence-corrected chi connectivity index (χ3v) is 11.9. The fourth-order valence-corrected chi connectivity index (χ4v) is 7.27. The average molecular weight is 1160 g/mol. The van der Waals surface area contributed by atoms with Crippen LogP contribution in [-0.4, -0.2) is 33.2 Å². The van der Waals surface area contributed by atoms with Crippen LogP contribution in [0.25, 0.3) is 16.7 Å². The van der Waals surface area contributed by atoms with Crippen LogP contribution in [0.2, 0.25) is 30.1 Å². The molecule has 0 spiro atoms. The van der Waals surface area contributed by atoms with Crippen molar-refractivity contribution >= 4 is 138 Å². The van der Waals surface area contributed by atoms with Crippen molar-refractivity contribution in [1.29, 1.82) is 0 Å². The van der Waals surface area contributed by atoms with E-state index in [1.165, 1.54) is 0 Å². The summed E-state index contributed by atoms with van der Waals surface area (Å²) >= 11 is 35.3. The first kappa shape index (κ1) is 57.4. The minimum Gasteiger partial charge on any atom is -0.361 e. The second kappa shape index (κ2) is 28.2. The van der Waals surface area contributed by atoms with Gasteiger partial charge in [0.15, 0.2) is 17.3 Å². The summed E-state index contributed by atoms with van der Waals surface area (Å²) in [5.41, 5.74) is 7.13. The molecule has 9 rings (SSSR count). The second-order valence-corrected chi connectivity index (χ2v) is 19.1. The number of rotatable bonds is 15. The first-order valence-corrected chi connectivity index (χ1v) is 25.5. The molecule has 3 amide bonds.